The highest BCUT2D eigenvalue weighted by molar-refractivity contribution is 5.57. The minimum atomic E-state index is 0.452. The Bertz CT molecular complexity index is 518. The quantitative estimate of drug-likeness (QED) is 0.756. The summed E-state index contributed by atoms with van der Waals surface area (Å²) in [6.45, 7) is 3.46. The van der Waals surface area contributed by atoms with Crippen molar-refractivity contribution >= 4 is 5.69 Å². The second kappa shape index (κ2) is 4.85. The van der Waals surface area contributed by atoms with Crippen LogP contribution in [0.2, 0.25) is 0 Å². The first-order chi connectivity index (χ1) is 8.86. The highest BCUT2D eigenvalue weighted by atomic mass is 15.2. The largest absolute Gasteiger partial charge is 0.365 e. The molecule has 0 saturated heterocycles. The van der Waals surface area contributed by atoms with E-state index in [1.165, 1.54) is 29.7 Å². The van der Waals surface area contributed by atoms with Gasteiger partial charge >= 0.3 is 0 Å². The van der Waals surface area contributed by atoms with Crippen LogP contribution < -0.4 is 4.90 Å². The molecule has 0 aliphatic carbocycles. The van der Waals surface area contributed by atoms with E-state index in [0.29, 0.717) is 6.04 Å². The van der Waals surface area contributed by atoms with Crippen molar-refractivity contribution in [1.82, 2.24) is 0 Å². The number of para-hydroxylation sites is 1. The minimum absolute atomic E-state index is 0.452. The Morgan fingerprint density at radius 1 is 0.944 bits per heavy atom. The third kappa shape index (κ3) is 2.01. The highest BCUT2D eigenvalue weighted by Crippen LogP contribution is 2.33. The molecule has 0 aromatic heterocycles. The van der Waals surface area contributed by atoms with Crippen molar-refractivity contribution in [2.75, 3.05) is 11.4 Å². The number of anilines is 1. The summed E-state index contributed by atoms with van der Waals surface area (Å²) >= 11 is 0. The van der Waals surface area contributed by atoms with Crippen molar-refractivity contribution in [3.8, 4) is 0 Å². The molecule has 2 aromatic carbocycles. The van der Waals surface area contributed by atoms with E-state index in [1.54, 1.807) is 0 Å². The van der Waals surface area contributed by atoms with E-state index in [-0.39, 0.29) is 0 Å². The van der Waals surface area contributed by atoms with Gasteiger partial charge in [-0.15, -0.1) is 0 Å². The summed E-state index contributed by atoms with van der Waals surface area (Å²) in [7, 11) is 0. The molecule has 0 N–H and O–H groups in total. The molecule has 2 aromatic rings. The summed E-state index contributed by atoms with van der Waals surface area (Å²) in [5.41, 5.74) is 4.31. The lowest BCUT2D eigenvalue weighted by atomic mass is 9.98. The first kappa shape index (κ1) is 11.3. The first-order valence-electron chi connectivity index (χ1n) is 6.76. The van der Waals surface area contributed by atoms with Crippen LogP contribution in [0.15, 0.2) is 54.6 Å². The van der Waals surface area contributed by atoms with Gasteiger partial charge in [-0.3, -0.25) is 0 Å². The number of fused-ring (bicyclic) bond motifs is 1. The molecule has 1 nitrogen and oxygen atoms in total. The van der Waals surface area contributed by atoms with Crippen LogP contribution in [0.3, 0.4) is 0 Å². The zero-order valence-electron chi connectivity index (χ0n) is 10.8. The molecule has 18 heavy (non-hydrogen) atoms. The maximum atomic E-state index is 2.54. The Hall–Kier alpha value is -1.76. The number of benzene rings is 2. The van der Waals surface area contributed by atoms with Crippen LogP contribution in [0.4, 0.5) is 5.69 Å². The molecule has 0 amide bonds. The Labute approximate surface area is 109 Å². The van der Waals surface area contributed by atoms with Crippen LogP contribution in [0.5, 0.6) is 0 Å². The van der Waals surface area contributed by atoms with E-state index < -0.39 is 0 Å². The van der Waals surface area contributed by atoms with Crippen LogP contribution in [0, 0.1) is 0 Å². The van der Waals surface area contributed by atoms with Gasteiger partial charge in [0.25, 0.3) is 0 Å². The van der Waals surface area contributed by atoms with Crippen molar-refractivity contribution in [3.63, 3.8) is 0 Å². The van der Waals surface area contributed by atoms with Crippen LogP contribution in [0.1, 0.15) is 30.5 Å². The maximum absolute atomic E-state index is 2.54. The van der Waals surface area contributed by atoms with E-state index >= 15 is 0 Å². The number of rotatable bonds is 2. The predicted octanol–water partition coefficient (Wildman–Crippen LogP) is 4.20. The predicted molar refractivity (Wildman–Crippen MR) is 77.0 cm³/mol. The van der Waals surface area contributed by atoms with Crippen molar-refractivity contribution < 1.29 is 0 Å². The Morgan fingerprint density at radius 3 is 2.50 bits per heavy atom. The zero-order valence-corrected chi connectivity index (χ0v) is 10.8. The van der Waals surface area contributed by atoms with Crippen molar-refractivity contribution in [3.05, 3.63) is 65.7 Å². The number of hydrogen-bond acceptors (Lipinski definition) is 1. The third-order valence-electron chi connectivity index (χ3n) is 3.90. The molecule has 1 heterocycles. The average molecular weight is 237 g/mol. The SMILES string of the molecule is C[C@@H](c1ccccc1)N1CCCc2ccccc21. The Morgan fingerprint density at radius 2 is 1.67 bits per heavy atom. The molecule has 92 valence electrons. The second-order valence-corrected chi connectivity index (χ2v) is 5.01. The van der Waals surface area contributed by atoms with Gasteiger partial charge in [0.05, 0.1) is 6.04 Å². The summed E-state index contributed by atoms with van der Waals surface area (Å²) in [6.07, 6.45) is 2.47. The van der Waals surface area contributed by atoms with Gasteiger partial charge in [-0.1, -0.05) is 48.5 Å². The number of nitrogens with zero attached hydrogens (tertiary/aromatic N) is 1. The van der Waals surface area contributed by atoms with Gasteiger partial charge in [-0.05, 0) is 37.0 Å². The van der Waals surface area contributed by atoms with Crippen LogP contribution in [-0.2, 0) is 6.42 Å². The molecule has 0 fully saturated rings. The number of aryl methyl sites for hydroxylation is 1. The molecule has 0 unspecified atom stereocenters. The molecule has 0 spiro atoms. The van der Waals surface area contributed by atoms with Gasteiger partial charge in [0.15, 0.2) is 0 Å². The molecule has 0 radical (unpaired) electrons. The molecule has 1 atom stereocenters. The van der Waals surface area contributed by atoms with Crippen LogP contribution in [0.25, 0.3) is 0 Å². The lowest BCUT2D eigenvalue weighted by molar-refractivity contribution is 0.616. The molecular formula is C17H19N. The smallest absolute Gasteiger partial charge is 0.0514 e. The lowest BCUT2D eigenvalue weighted by Crippen LogP contribution is -2.31. The Balaban J connectivity index is 1.94. The van der Waals surface area contributed by atoms with Gasteiger partial charge in [0, 0.05) is 12.2 Å². The van der Waals surface area contributed by atoms with Crippen LogP contribution >= 0.6 is 0 Å². The van der Waals surface area contributed by atoms with E-state index in [1.807, 2.05) is 0 Å². The summed E-state index contributed by atoms with van der Waals surface area (Å²) in [4.78, 5) is 2.54. The summed E-state index contributed by atoms with van der Waals surface area (Å²) in [6, 6.07) is 20.1. The molecular weight excluding hydrogens is 218 g/mol. The van der Waals surface area contributed by atoms with E-state index in [2.05, 4.69) is 66.4 Å². The fourth-order valence-corrected chi connectivity index (χ4v) is 2.88. The first-order valence-corrected chi connectivity index (χ1v) is 6.76. The highest BCUT2D eigenvalue weighted by Gasteiger charge is 2.21. The van der Waals surface area contributed by atoms with Gasteiger partial charge in [0.1, 0.15) is 0 Å². The zero-order chi connectivity index (χ0) is 12.4. The molecule has 0 saturated carbocycles. The molecule has 1 heteroatoms. The number of hydrogen-bond donors (Lipinski definition) is 0. The van der Waals surface area contributed by atoms with Crippen molar-refractivity contribution in [1.29, 1.82) is 0 Å². The summed E-state index contributed by atoms with van der Waals surface area (Å²) < 4.78 is 0. The van der Waals surface area contributed by atoms with Crippen molar-refractivity contribution in [2.45, 2.75) is 25.8 Å². The average Bonchev–Trinajstić information content (AvgIpc) is 2.47. The van der Waals surface area contributed by atoms with Gasteiger partial charge in [0.2, 0.25) is 0 Å². The maximum Gasteiger partial charge on any atom is 0.0514 e. The molecule has 0 bridgehead atoms. The van der Waals surface area contributed by atoms with E-state index in [0.717, 1.165) is 6.54 Å². The van der Waals surface area contributed by atoms with Gasteiger partial charge < -0.3 is 4.90 Å². The van der Waals surface area contributed by atoms with Gasteiger partial charge in [-0.25, -0.2) is 0 Å². The third-order valence-corrected chi connectivity index (χ3v) is 3.90. The van der Waals surface area contributed by atoms with Gasteiger partial charge in [-0.2, -0.15) is 0 Å². The van der Waals surface area contributed by atoms with E-state index in [9.17, 15) is 0 Å². The normalized spacial score (nSPS) is 16.2. The molecule has 3 rings (SSSR count). The second-order valence-electron chi connectivity index (χ2n) is 5.01. The summed E-state index contributed by atoms with van der Waals surface area (Å²) in [5.74, 6) is 0. The fraction of sp³-hybridized carbons (Fsp3) is 0.294. The van der Waals surface area contributed by atoms with Crippen molar-refractivity contribution in [2.24, 2.45) is 0 Å². The lowest BCUT2D eigenvalue weighted by Gasteiger charge is -2.36. The molecule has 1 aliphatic heterocycles. The van der Waals surface area contributed by atoms with E-state index in [4.69, 9.17) is 0 Å². The molecule has 1 aliphatic rings. The fourth-order valence-electron chi connectivity index (χ4n) is 2.88. The standard InChI is InChI=1S/C17H19N/c1-14(15-8-3-2-4-9-15)18-13-7-11-16-10-5-6-12-17(16)18/h2-6,8-10,12,14H,7,11,13H2,1H3/t14-/m0/s1. The Kier molecular flexibility index (Phi) is 3.06. The topological polar surface area (TPSA) is 3.24 Å². The minimum Gasteiger partial charge on any atom is -0.365 e. The van der Waals surface area contributed by atoms with Crippen LogP contribution in [-0.4, -0.2) is 6.54 Å². The monoisotopic (exact) mass is 237 g/mol. The summed E-state index contributed by atoms with van der Waals surface area (Å²) in [5, 5.41) is 0.